The lowest BCUT2D eigenvalue weighted by molar-refractivity contribution is 0.0437. The van der Waals surface area contributed by atoms with Crippen LogP contribution < -0.4 is 4.90 Å². The third kappa shape index (κ3) is 3.26. The van der Waals surface area contributed by atoms with Crippen LogP contribution in [0, 0.1) is 0 Å². The molecule has 5 heteroatoms. The number of aldehydes is 1. The SMILES string of the molecule is CCCOC1CCCN(c2ncc(C=O)cn2)C1. The Morgan fingerprint density at radius 2 is 2.28 bits per heavy atom. The summed E-state index contributed by atoms with van der Waals surface area (Å²) in [5, 5.41) is 0. The molecule has 1 aliphatic rings. The van der Waals surface area contributed by atoms with Crippen molar-refractivity contribution in [3.63, 3.8) is 0 Å². The van der Waals surface area contributed by atoms with Crippen molar-refractivity contribution in [1.82, 2.24) is 9.97 Å². The predicted molar refractivity (Wildman–Crippen MR) is 68.9 cm³/mol. The molecule has 2 rings (SSSR count). The van der Waals surface area contributed by atoms with E-state index in [-0.39, 0.29) is 6.10 Å². The highest BCUT2D eigenvalue weighted by molar-refractivity contribution is 5.73. The van der Waals surface area contributed by atoms with Crippen LogP contribution in [0.4, 0.5) is 5.95 Å². The molecule has 0 spiro atoms. The number of rotatable bonds is 5. The quantitative estimate of drug-likeness (QED) is 0.743. The smallest absolute Gasteiger partial charge is 0.225 e. The molecule has 0 radical (unpaired) electrons. The van der Waals surface area contributed by atoms with Gasteiger partial charge >= 0.3 is 0 Å². The molecule has 18 heavy (non-hydrogen) atoms. The first-order valence-corrected chi connectivity index (χ1v) is 6.47. The van der Waals surface area contributed by atoms with E-state index in [0.29, 0.717) is 11.5 Å². The van der Waals surface area contributed by atoms with Crippen molar-refractivity contribution >= 4 is 12.2 Å². The minimum absolute atomic E-state index is 0.271. The average Bonchev–Trinajstić information content (AvgIpc) is 2.45. The van der Waals surface area contributed by atoms with Crippen molar-refractivity contribution in [3.8, 4) is 0 Å². The van der Waals surface area contributed by atoms with Crippen LogP contribution >= 0.6 is 0 Å². The maximum atomic E-state index is 10.6. The number of aromatic nitrogens is 2. The third-order valence-corrected chi connectivity index (χ3v) is 3.01. The summed E-state index contributed by atoms with van der Waals surface area (Å²) in [6.07, 6.45) is 7.38. The summed E-state index contributed by atoms with van der Waals surface area (Å²) in [7, 11) is 0. The molecule has 1 fully saturated rings. The molecule has 1 aromatic rings. The lowest BCUT2D eigenvalue weighted by atomic mass is 10.1. The standard InChI is InChI=1S/C13H19N3O2/c1-2-6-18-12-4-3-5-16(9-12)13-14-7-11(10-17)8-15-13/h7-8,10,12H,2-6,9H2,1H3. The van der Waals surface area contributed by atoms with Crippen molar-refractivity contribution in [2.24, 2.45) is 0 Å². The van der Waals surface area contributed by atoms with Gasteiger partial charge in [-0.1, -0.05) is 6.92 Å². The summed E-state index contributed by atoms with van der Waals surface area (Å²) in [4.78, 5) is 21.1. The molecule has 0 aliphatic carbocycles. The summed E-state index contributed by atoms with van der Waals surface area (Å²) in [5.41, 5.74) is 0.509. The van der Waals surface area contributed by atoms with E-state index in [4.69, 9.17) is 4.74 Å². The first-order valence-electron chi connectivity index (χ1n) is 6.47. The highest BCUT2D eigenvalue weighted by atomic mass is 16.5. The molecule has 5 nitrogen and oxygen atoms in total. The second-order valence-corrected chi connectivity index (χ2v) is 4.52. The van der Waals surface area contributed by atoms with E-state index in [1.165, 1.54) is 0 Å². The zero-order chi connectivity index (χ0) is 12.8. The molecule has 0 bridgehead atoms. The van der Waals surface area contributed by atoms with E-state index in [1.807, 2.05) is 0 Å². The van der Waals surface area contributed by atoms with E-state index in [9.17, 15) is 4.79 Å². The highest BCUT2D eigenvalue weighted by Gasteiger charge is 2.21. The number of hydrogen-bond donors (Lipinski definition) is 0. The summed E-state index contributed by atoms with van der Waals surface area (Å²) in [6, 6.07) is 0. The molecule has 0 saturated carbocycles. The molecule has 1 saturated heterocycles. The Morgan fingerprint density at radius 1 is 1.50 bits per heavy atom. The van der Waals surface area contributed by atoms with Crippen LogP contribution in [0.15, 0.2) is 12.4 Å². The molecule has 98 valence electrons. The molecule has 0 amide bonds. The van der Waals surface area contributed by atoms with E-state index in [2.05, 4.69) is 21.8 Å². The maximum absolute atomic E-state index is 10.6. The number of carbonyl (C=O) groups is 1. The third-order valence-electron chi connectivity index (χ3n) is 3.01. The van der Waals surface area contributed by atoms with Crippen molar-refractivity contribution < 1.29 is 9.53 Å². The maximum Gasteiger partial charge on any atom is 0.225 e. The van der Waals surface area contributed by atoms with Gasteiger partial charge in [0.2, 0.25) is 5.95 Å². The minimum atomic E-state index is 0.271. The number of nitrogens with zero attached hydrogens (tertiary/aromatic N) is 3. The average molecular weight is 249 g/mol. The van der Waals surface area contributed by atoms with Crippen LogP contribution in [0.25, 0.3) is 0 Å². The number of hydrogen-bond acceptors (Lipinski definition) is 5. The second-order valence-electron chi connectivity index (χ2n) is 4.52. The first-order chi connectivity index (χ1) is 8.83. The number of ether oxygens (including phenoxy) is 1. The molecular weight excluding hydrogens is 230 g/mol. The monoisotopic (exact) mass is 249 g/mol. The van der Waals surface area contributed by atoms with Crippen LogP contribution in [-0.2, 0) is 4.74 Å². The van der Waals surface area contributed by atoms with Crippen LogP contribution in [0.3, 0.4) is 0 Å². The Balaban J connectivity index is 1.96. The van der Waals surface area contributed by atoms with Gasteiger partial charge in [0.25, 0.3) is 0 Å². The van der Waals surface area contributed by atoms with Crippen molar-refractivity contribution in [2.45, 2.75) is 32.3 Å². The molecule has 0 N–H and O–H groups in total. The van der Waals surface area contributed by atoms with Gasteiger partial charge in [-0.05, 0) is 19.3 Å². The highest BCUT2D eigenvalue weighted by Crippen LogP contribution is 2.17. The Morgan fingerprint density at radius 3 is 2.94 bits per heavy atom. The zero-order valence-electron chi connectivity index (χ0n) is 10.7. The lowest BCUT2D eigenvalue weighted by Gasteiger charge is -2.32. The van der Waals surface area contributed by atoms with E-state index >= 15 is 0 Å². The number of anilines is 1. The van der Waals surface area contributed by atoms with E-state index < -0.39 is 0 Å². The number of piperidine rings is 1. The van der Waals surface area contributed by atoms with Crippen molar-refractivity contribution in [2.75, 3.05) is 24.6 Å². The van der Waals surface area contributed by atoms with Crippen molar-refractivity contribution in [1.29, 1.82) is 0 Å². The molecular formula is C13H19N3O2. The molecule has 1 aromatic heterocycles. The largest absolute Gasteiger partial charge is 0.376 e. The Bertz CT molecular complexity index is 380. The lowest BCUT2D eigenvalue weighted by Crippen LogP contribution is -2.40. The van der Waals surface area contributed by atoms with Gasteiger partial charge in [-0.25, -0.2) is 9.97 Å². The van der Waals surface area contributed by atoms with Crippen molar-refractivity contribution in [3.05, 3.63) is 18.0 Å². The fourth-order valence-electron chi connectivity index (χ4n) is 2.10. The molecule has 2 heterocycles. The second kappa shape index (κ2) is 6.44. The molecule has 1 aliphatic heterocycles. The Labute approximate surface area is 107 Å². The minimum Gasteiger partial charge on any atom is -0.376 e. The Kier molecular flexibility index (Phi) is 4.64. The Hall–Kier alpha value is -1.49. The topological polar surface area (TPSA) is 55.3 Å². The van der Waals surface area contributed by atoms with Gasteiger partial charge in [-0.2, -0.15) is 0 Å². The molecule has 1 atom stereocenters. The number of carbonyl (C=O) groups excluding carboxylic acids is 1. The van der Waals surface area contributed by atoms with Gasteiger partial charge in [0.05, 0.1) is 11.7 Å². The van der Waals surface area contributed by atoms with Gasteiger partial charge in [-0.15, -0.1) is 0 Å². The van der Waals surface area contributed by atoms with E-state index in [0.717, 1.165) is 45.2 Å². The molecule has 1 unspecified atom stereocenters. The predicted octanol–water partition coefficient (Wildman–Crippen LogP) is 1.68. The fraction of sp³-hybridized carbons (Fsp3) is 0.615. The normalized spacial score (nSPS) is 19.8. The summed E-state index contributed by atoms with van der Waals surface area (Å²) >= 11 is 0. The van der Waals surface area contributed by atoms with Gasteiger partial charge in [0.1, 0.15) is 0 Å². The van der Waals surface area contributed by atoms with Crippen LogP contribution in [0.2, 0.25) is 0 Å². The molecule has 0 aromatic carbocycles. The summed E-state index contributed by atoms with van der Waals surface area (Å²) in [5.74, 6) is 0.686. The summed E-state index contributed by atoms with van der Waals surface area (Å²) < 4.78 is 5.78. The zero-order valence-corrected chi connectivity index (χ0v) is 10.7. The van der Waals surface area contributed by atoms with Gasteiger partial charge in [0, 0.05) is 32.1 Å². The van der Waals surface area contributed by atoms with Crippen LogP contribution in [-0.4, -0.2) is 42.1 Å². The van der Waals surface area contributed by atoms with Crippen LogP contribution in [0.5, 0.6) is 0 Å². The van der Waals surface area contributed by atoms with Crippen LogP contribution in [0.1, 0.15) is 36.5 Å². The summed E-state index contributed by atoms with van der Waals surface area (Å²) in [6.45, 7) is 4.71. The van der Waals surface area contributed by atoms with Gasteiger partial charge in [-0.3, -0.25) is 4.79 Å². The van der Waals surface area contributed by atoms with Gasteiger partial charge < -0.3 is 9.64 Å². The fourth-order valence-corrected chi connectivity index (χ4v) is 2.10. The van der Waals surface area contributed by atoms with Gasteiger partial charge in [0.15, 0.2) is 6.29 Å². The van der Waals surface area contributed by atoms with E-state index in [1.54, 1.807) is 12.4 Å². The first kappa shape index (κ1) is 13.0.